The van der Waals surface area contributed by atoms with Gasteiger partial charge in [-0.25, -0.2) is 8.78 Å². The normalized spacial score (nSPS) is 21.4. The van der Waals surface area contributed by atoms with Crippen LogP contribution >= 0.6 is 0 Å². The van der Waals surface area contributed by atoms with Gasteiger partial charge in [0, 0.05) is 0 Å². The van der Waals surface area contributed by atoms with Crippen molar-refractivity contribution in [2.24, 2.45) is 0 Å². The Hall–Kier alpha value is -2.18. The van der Waals surface area contributed by atoms with Gasteiger partial charge in [-0.05, 0) is 24.3 Å². The summed E-state index contributed by atoms with van der Waals surface area (Å²) in [6, 6.07) is 11.8. The Morgan fingerprint density at radius 2 is 1.14 bits per heavy atom. The zero-order valence-electron chi connectivity index (χ0n) is 11.6. The summed E-state index contributed by atoms with van der Waals surface area (Å²) >= 11 is 0. The molecule has 3 rings (SSSR count). The van der Waals surface area contributed by atoms with Crippen LogP contribution in [0.1, 0.15) is 0 Å². The minimum absolute atomic E-state index is 0.0140. The molecule has 0 unspecified atom stereocenters. The van der Waals surface area contributed by atoms with Crippen molar-refractivity contribution in [3.8, 4) is 11.5 Å². The maximum Gasteiger partial charge on any atom is 0.263 e. The largest absolute Gasteiger partial charge is 0.455 e. The summed E-state index contributed by atoms with van der Waals surface area (Å²) in [4.78, 5) is 0. The highest BCUT2D eigenvalue weighted by Gasteiger charge is 2.32. The van der Waals surface area contributed by atoms with Gasteiger partial charge in [0.25, 0.3) is 12.6 Å². The van der Waals surface area contributed by atoms with E-state index in [2.05, 4.69) is 0 Å². The van der Waals surface area contributed by atoms with Gasteiger partial charge < -0.3 is 18.9 Å². The fourth-order valence-corrected chi connectivity index (χ4v) is 2.00. The Bertz CT molecular complexity index is 580. The molecule has 1 saturated heterocycles. The predicted octanol–water partition coefficient (Wildman–Crippen LogP) is 3.12. The summed E-state index contributed by atoms with van der Waals surface area (Å²) in [5.41, 5.74) is 0. The van der Waals surface area contributed by atoms with Crippen molar-refractivity contribution < 1.29 is 27.7 Å². The van der Waals surface area contributed by atoms with Crippen LogP contribution in [0.25, 0.3) is 0 Å². The fourth-order valence-electron chi connectivity index (χ4n) is 2.00. The number of rotatable bonds is 4. The Balaban J connectivity index is 1.74. The number of ether oxygens (including phenoxy) is 4. The van der Waals surface area contributed by atoms with Crippen molar-refractivity contribution in [1.29, 1.82) is 0 Å². The highest BCUT2D eigenvalue weighted by molar-refractivity contribution is 5.25. The van der Waals surface area contributed by atoms with Crippen LogP contribution < -0.4 is 9.47 Å². The number of hydrogen-bond acceptors (Lipinski definition) is 4. The van der Waals surface area contributed by atoms with Crippen molar-refractivity contribution in [2.45, 2.75) is 12.6 Å². The molecule has 6 heteroatoms. The van der Waals surface area contributed by atoms with E-state index in [0.717, 1.165) is 0 Å². The van der Waals surface area contributed by atoms with E-state index in [1.807, 2.05) is 0 Å². The number of benzene rings is 2. The monoisotopic (exact) mass is 308 g/mol. The van der Waals surface area contributed by atoms with E-state index >= 15 is 0 Å². The van der Waals surface area contributed by atoms with Crippen molar-refractivity contribution in [2.75, 3.05) is 13.2 Å². The lowest BCUT2D eigenvalue weighted by molar-refractivity contribution is -0.271. The average Bonchev–Trinajstić information content (AvgIpc) is 2.53. The first kappa shape index (κ1) is 14.7. The second-order valence-electron chi connectivity index (χ2n) is 4.57. The molecule has 1 fully saturated rings. The van der Waals surface area contributed by atoms with Crippen LogP contribution in [0.4, 0.5) is 8.78 Å². The minimum Gasteiger partial charge on any atom is -0.455 e. The first-order valence-electron chi connectivity index (χ1n) is 6.79. The highest BCUT2D eigenvalue weighted by Crippen LogP contribution is 2.24. The minimum atomic E-state index is -0.995. The van der Waals surface area contributed by atoms with Crippen LogP contribution in [-0.4, -0.2) is 25.8 Å². The Kier molecular flexibility index (Phi) is 4.50. The average molecular weight is 308 g/mol. The predicted molar refractivity (Wildman–Crippen MR) is 73.5 cm³/mol. The molecule has 22 heavy (non-hydrogen) atoms. The second-order valence-corrected chi connectivity index (χ2v) is 4.57. The van der Waals surface area contributed by atoms with Gasteiger partial charge >= 0.3 is 0 Å². The topological polar surface area (TPSA) is 36.9 Å². The van der Waals surface area contributed by atoms with Gasteiger partial charge in [0.15, 0.2) is 23.1 Å². The third kappa shape index (κ3) is 3.35. The Labute approximate surface area is 126 Å². The zero-order valence-corrected chi connectivity index (χ0v) is 11.6. The van der Waals surface area contributed by atoms with Crippen molar-refractivity contribution in [3.05, 3.63) is 60.2 Å². The molecule has 0 saturated carbocycles. The molecular formula is C16H14F2O4. The fraction of sp³-hybridized carbons (Fsp3) is 0.250. The first-order valence-corrected chi connectivity index (χ1v) is 6.79. The van der Waals surface area contributed by atoms with Gasteiger partial charge in [0.05, 0.1) is 13.2 Å². The van der Waals surface area contributed by atoms with E-state index in [9.17, 15) is 8.78 Å². The molecule has 0 spiro atoms. The van der Waals surface area contributed by atoms with E-state index in [4.69, 9.17) is 18.9 Å². The molecule has 0 radical (unpaired) electrons. The molecule has 1 aliphatic rings. The van der Waals surface area contributed by atoms with Gasteiger partial charge in [-0.15, -0.1) is 0 Å². The maximum absolute atomic E-state index is 13.6. The number of para-hydroxylation sites is 2. The molecule has 116 valence electrons. The van der Waals surface area contributed by atoms with Crippen LogP contribution in [0.15, 0.2) is 48.5 Å². The maximum atomic E-state index is 13.6. The Morgan fingerprint density at radius 3 is 1.55 bits per heavy atom. The standard InChI is InChI=1S/C16H14F2O4/c17-11-5-1-3-7-13(11)21-15-16(20-10-9-19-15)22-14-8-4-2-6-12(14)18/h1-8,15-16H,9-10H2/t15-,16-/m0/s1. The lowest BCUT2D eigenvalue weighted by Crippen LogP contribution is -2.45. The molecule has 0 bridgehead atoms. The molecule has 0 aliphatic carbocycles. The summed E-state index contributed by atoms with van der Waals surface area (Å²) in [5, 5.41) is 0. The van der Waals surface area contributed by atoms with E-state index < -0.39 is 24.2 Å². The molecule has 2 aromatic carbocycles. The zero-order chi connectivity index (χ0) is 15.4. The smallest absolute Gasteiger partial charge is 0.263 e. The molecular weight excluding hydrogens is 294 g/mol. The van der Waals surface area contributed by atoms with Crippen molar-refractivity contribution in [3.63, 3.8) is 0 Å². The van der Waals surface area contributed by atoms with Gasteiger partial charge in [0.2, 0.25) is 0 Å². The van der Waals surface area contributed by atoms with Crippen molar-refractivity contribution >= 4 is 0 Å². The van der Waals surface area contributed by atoms with Crippen LogP contribution in [-0.2, 0) is 9.47 Å². The summed E-state index contributed by atoms with van der Waals surface area (Å²) in [6.45, 7) is 0.548. The lowest BCUT2D eigenvalue weighted by Gasteiger charge is -2.31. The molecule has 0 aromatic heterocycles. The van der Waals surface area contributed by atoms with Crippen LogP contribution in [0.2, 0.25) is 0 Å². The van der Waals surface area contributed by atoms with E-state index in [0.29, 0.717) is 0 Å². The van der Waals surface area contributed by atoms with Crippen LogP contribution in [0.3, 0.4) is 0 Å². The molecule has 2 aromatic rings. The van der Waals surface area contributed by atoms with Gasteiger partial charge in [0.1, 0.15) is 0 Å². The number of halogens is 2. The third-order valence-corrected chi connectivity index (χ3v) is 3.03. The highest BCUT2D eigenvalue weighted by atomic mass is 19.1. The van der Waals surface area contributed by atoms with Gasteiger partial charge in [-0.1, -0.05) is 24.3 Å². The second kappa shape index (κ2) is 6.72. The lowest BCUT2D eigenvalue weighted by atomic mass is 10.3. The summed E-state index contributed by atoms with van der Waals surface area (Å²) < 4.78 is 49.0. The molecule has 0 N–H and O–H groups in total. The van der Waals surface area contributed by atoms with E-state index in [1.165, 1.54) is 24.3 Å². The molecule has 4 nitrogen and oxygen atoms in total. The molecule has 2 atom stereocenters. The summed E-state index contributed by atoms with van der Waals surface area (Å²) in [7, 11) is 0. The van der Waals surface area contributed by atoms with Crippen LogP contribution in [0, 0.1) is 11.6 Å². The molecule has 0 amide bonds. The first-order chi connectivity index (χ1) is 10.7. The molecule has 1 aliphatic heterocycles. The summed E-state index contributed by atoms with van der Waals surface area (Å²) in [6.07, 6.45) is -1.99. The van der Waals surface area contributed by atoms with E-state index in [1.54, 1.807) is 24.3 Å². The van der Waals surface area contributed by atoms with Crippen LogP contribution in [0.5, 0.6) is 11.5 Å². The number of hydrogen-bond donors (Lipinski definition) is 0. The van der Waals surface area contributed by atoms with Gasteiger partial charge in [-0.3, -0.25) is 0 Å². The van der Waals surface area contributed by atoms with Gasteiger partial charge in [-0.2, -0.15) is 0 Å². The Morgan fingerprint density at radius 1 is 0.727 bits per heavy atom. The quantitative estimate of drug-likeness (QED) is 0.869. The van der Waals surface area contributed by atoms with Crippen molar-refractivity contribution in [1.82, 2.24) is 0 Å². The van der Waals surface area contributed by atoms with E-state index in [-0.39, 0.29) is 24.7 Å². The third-order valence-electron chi connectivity index (χ3n) is 3.03. The summed E-state index contributed by atoms with van der Waals surface area (Å²) in [5.74, 6) is -1.03. The molecule has 1 heterocycles. The SMILES string of the molecule is Fc1ccccc1O[C@@H]1OCCO[C@H]1Oc1ccccc1F.